The van der Waals surface area contributed by atoms with Gasteiger partial charge in [0.25, 0.3) is 5.91 Å². The molecule has 14 heteroatoms. The average molecular weight is 627 g/mol. The zero-order chi connectivity index (χ0) is 32.8. The van der Waals surface area contributed by atoms with Crippen LogP contribution >= 0.6 is 0 Å². The summed E-state index contributed by atoms with van der Waals surface area (Å²) in [5.41, 5.74) is 0.519. The SMILES string of the molecule is CCCC(CCC)C(=O)Nc1cc(C(=O)N[C@@H](CCC(=O)O)C(=O)N2CCN(OC(=O)OCC)CC2)nc(-c2ccccc2)n1. The predicted molar refractivity (Wildman–Crippen MR) is 164 cm³/mol. The molecule has 3 rings (SSSR count). The molecule has 0 bridgehead atoms. The van der Waals surface area contributed by atoms with Gasteiger partial charge in [-0.3, -0.25) is 19.2 Å². The summed E-state index contributed by atoms with van der Waals surface area (Å²) in [5.74, 6) is -2.40. The second-order valence-corrected chi connectivity index (χ2v) is 10.6. The Morgan fingerprint density at radius 1 is 0.933 bits per heavy atom. The van der Waals surface area contributed by atoms with Crippen LogP contribution in [0.3, 0.4) is 0 Å². The molecule has 1 atom stereocenters. The monoisotopic (exact) mass is 626 g/mol. The van der Waals surface area contributed by atoms with Gasteiger partial charge in [0, 0.05) is 37.1 Å². The summed E-state index contributed by atoms with van der Waals surface area (Å²) in [6.45, 7) is 6.60. The molecule has 3 N–H and O–H groups in total. The minimum Gasteiger partial charge on any atom is -0.481 e. The molecule has 2 aromatic rings. The molecular weight excluding hydrogens is 584 g/mol. The fourth-order valence-corrected chi connectivity index (χ4v) is 4.90. The van der Waals surface area contributed by atoms with E-state index in [9.17, 15) is 29.1 Å². The largest absolute Gasteiger partial charge is 0.527 e. The number of piperazine rings is 1. The van der Waals surface area contributed by atoms with Gasteiger partial charge in [0.2, 0.25) is 11.8 Å². The number of hydrogen-bond acceptors (Lipinski definition) is 10. The van der Waals surface area contributed by atoms with Gasteiger partial charge in [0.15, 0.2) is 5.82 Å². The molecule has 0 unspecified atom stereocenters. The molecule has 1 aliphatic heterocycles. The summed E-state index contributed by atoms with van der Waals surface area (Å²) in [4.78, 5) is 78.7. The minimum atomic E-state index is -1.17. The number of aromatic nitrogens is 2. The van der Waals surface area contributed by atoms with Crippen molar-refractivity contribution in [1.29, 1.82) is 0 Å². The lowest BCUT2D eigenvalue weighted by molar-refractivity contribution is -0.157. The Kier molecular flexibility index (Phi) is 13.7. The van der Waals surface area contributed by atoms with Crippen molar-refractivity contribution in [1.82, 2.24) is 25.2 Å². The molecule has 14 nitrogen and oxygen atoms in total. The predicted octanol–water partition coefficient (Wildman–Crippen LogP) is 3.49. The fourth-order valence-electron chi connectivity index (χ4n) is 4.90. The normalized spacial score (nSPS) is 14.0. The Labute approximate surface area is 262 Å². The van der Waals surface area contributed by atoms with Crippen LogP contribution in [0.4, 0.5) is 10.6 Å². The summed E-state index contributed by atoms with van der Waals surface area (Å²) < 4.78 is 4.78. The fraction of sp³-hybridized carbons (Fsp3) is 0.516. The van der Waals surface area contributed by atoms with Crippen molar-refractivity contribution in [2.24, 2.45) is 5.92 Å². The van der Waals surface area contributed by atoms with E-state index in [0.717, 1.165) is 12.8 Å². The van der Waals surface area contributed by atoms with E-state index in [4.69, 9.17) is 9.57 Å². The molecule has 0 radical (unpaired) electrons. The minimum absolute atomic E-state index is 0.0949. The summed E-state index contributed by atoms with van der Waals surface area (Å²) in [7, 11) is 0. The topological polar surface area (TPSA) is 180 Å². The maximum atomic E-state index is 13.6. The molecule has 0 spiro atoms. The van der Waals surface area contributed by atoms with E-state index in [1.165, 1.54) is 16.0 Å². The lowest BCUT2D eigenvalue weighted by Crippen LogP contribution is -2.55. The van der Waals surface area contributed by atoms with Gasteiger partial charge < -0.3 is 30.2 Å². The molecule has 1 saturated heterocycles. The highest BCUT2D eigenvalue weighted by atomic mass is 16.8. The van der Waals surface area contributed by atoms with Crippen LogP contribution in [0.1, 0.15) is 69.8 Å². The number of aliphatic carboxylic acids is 1. The maximum Gasteiger partial charge on any atom is 0.527 e. The number of hydrogen-bond donors (Lipinski definition) is 3. The standard InChI is InChI=1S/C31H42N6O8/c1-4-10-22(11-5-2)28(40)35-25-20-24(32-27(34-25)21-12-8-7-9-13-21)29(41)33-23(14-15-26(38)39)30(42)36-16-18-37(19-17-36)45-31(43)44-6-3/h7-9,12-13,20,22-23H,4-6,10-11,14-19H2,1-3H3,(H,33,41)(H,38,39)(H,32,34,35,40)/t23-/m0/s1. The number of benzene rings is 1. The van der Waals surface area contributed by atoms with E-state index in [1.54, 1.807) is 31.2 Å². The van der Waals surface area contributed by atoms with Crippen LogP contribution in [0.5, 0.6) is 0 Å². The van der Waals surface area contributed by atoms with Gasteiger partial charge in [0.05, 0.1) is 19.7 Å². The van der Waals surface area contributed by atoms with E-state index in [2.05, 4.69) is 20.6 Å². The first-order valence-corrected chi connectivity index (χ1v) is 15.3. The second-order valence-electron chi connectivity index (χ2n) is 10.6. The summed E-state index contributed by atoms with van der Waals surface area (Å²) in [5, 5.41) is 16.2. The first-order valence-electron chi connectivity index (χ1n) is 15.3. The highest BCUT2D eigenvalue weighted by Gasteiger charge is 2.31. The Hall–Kier alpha value is -4.59. The third-order valence-electron chi connectivity index (χ3n) is 7.15. The van der Waals surface area contributed by atoms with Gasteiger partial charge in [-0.15, -0.1) is 5.06 Å². The van der Waals surface area contributed by atoms with Crippen LogP contribution in [0.15, 0.2) is 36.4 Å². The van der Waals surface area contributed by atoms with E-state index in [-0.39, 0.29) is 74.8 Å². The molecule has 1 aliphatic rings. The van der Waals surface area contributed by atoms with Crippen molar-refractivity contribution in [2.45, 2.75) is 65.3 Å². The second kappa shape index (κ2) is 17.6. The van der Waals surface area contributed by atoms with E-state index in [1.807, 2.05) is 19.9 Å². The third-order valence-corrected chi connectivity index (χ3v) is 7.15. The van der Waals surface area contributed by atoms with Gasteiger partial charge >= 0.3 is 12.1 Å². The zero-order valence-electron chi connectivity index (χ0n) is 26.0. The number of carbonyl (C=O) groups is 5. The van der Waals surface area contributed by atoms with E-state index < -0.39 is 30.0 Å². The van der Waals surface area contributed by atoms with Crippen molar-refractivity contribution < 1.29 is 38.7 Å². The van der Waals surface area contributed by atoms with Gasteiger partial charge in [-0.25, -0.2) is 14.8 Å². The number of nitrogens with one attached hydrogen (secondary N) is 2. The molecule has 1 fully saturated rings. The first kappa shape index (κ1) is 34.9. The quantitative estimate of drug-likeness (QED) is 0.246. The number of carboxylic acids is 1. The molecule has 3 amide bonds. The molecule has 1 aromatic heterocycles. The molecule has 1 aromatic carbocycles. The number of nitrogens with zero attached hydrogens (tertiary/aromatic N) is 4. The van der Waals surface area contributed by atoms with Gasteiger partial charge in [-0.1, -0.05) is 57.0 Å². The molecule has 0 aliphatic carbocycles. The van der Waals surface area contributed by atoms with Crippen molar-refractivity contribution in [3.63, 3.8) is 0 Å². The number of rotatable bonds is 15. The van der Waals surface area contributed by atoms with E-state index >= 15 is 0 Å². The van der Waals surface area contributed by atoms with Crippen LogP contribution in [0.25, 0.3) is 11.4 Å². The maximum absolute atomic E-state index is 13.6. The smallest absolute Gasteiger partial charge is 0.481 e. The van der Waals surface area contributed by atoms with Crippen molar-refractivity contribution >= 4 is 35.7 Å². The van der Waals surface area contributed by atoms with Gasteiger partial charge in [-0.05, 0) is 26.2 Å². The Morgan fingerprint density at radius 2 is 1.60 bits per heavy atom. The number of ether oxygens (including phenoxy) is 1. The van der Waals surface area contributed by atoms with Crippen LogP contribution in [0.2, 0.25) is 0 Å². The number of carbonyl (C=O) groups excluding carboxylic acids is 4. The lowest BCUT2D eigenvalue weighted by Gasteiger charge is -2.35. The molecule has 2 heterocycles. The summed E-state index contributed by atoms with van der Waals surface area (Å²) in [6.07, 6.45) is 1.73. The van der Waals surface area contributed by atoms with Crippen LogP contribution < -0.4 is 10.6 Å². The number of hydroxylamine groups is 2. The van der Waals surface area contributed by atoms with Crippen LogP contribution in [-0.2, 0) is 24.0 Å². The molecule has 45 heavy (non-hydrogen) atoms. The number of amides is 3. The third kappa shape index (κ3) is 10.8. The zero-order valence-corrected chi connectivity index (χ0v) is 26.0. The summed E-state index contributed by atoms with van der Waals surface area (Å²) >= 11 is 0. The highest BCUT2D eigenvalue weighted by Crippen LogP contribution is 2.21. The Morgan fingerprint density at radius 3 is 2.20 bits per heavy atom. The lowest BCUT2D eigenvalue weighted by atomic mass is 9.97. The molecule has 0 saturated carbocycles. The van der Waals surface area contributed by atoms with Crippen LogP contribution in [0, 0.1) is 5.92 Å². The average Bonchev–Trinajstić information content (AvgIpc) is 3.03. The van der Waals surface area contributed by atoms with Crippen molar-refractivity contribution in [3.05, 3.63) is 42.1 Å². The van der Waals surface area contributed by atoms with Crippen molar-refractivity contribution in [3.8, 4) is 11.4 Å². The molecular formula is C31H42N6O8. The van der Waals surface area contributed by atoms with Crippen molar-refractivity contribution in [2.75, 3.05) is 38.1 Å². The Bertz CT molecular complexity index is 1310. The molecule has 244 valence electrons. The van der Waals surface area contributed by atoms with Gasteiger partial charge in [-0.2, -0.15) is 0 Å². The first-order chi connectivity index (χ1) is 21.6. The number of carboxylic acid groups (broad SMARTS) is 1. The van der Waals surface area contributed by atoms with Gasteiger partial charge in [0.1, 0.15) is 17.6 Å². The summed E-state index contributed by atoms with van der Waals surface area (Å²) in [6, 6.07) is 9.12. The van der Waals surface area contributed by atoms with Crippen LogP contribution in [-0.4, -0.2) is 93.7 Å². The Balaban J connectivity index is 1.82. The highest BCUT2D eigenvalue weighted by molar-refractivity contribution is 5.98. The number of anilines is 1. The van der Waals surface area contributed by atoms with E-state index in [0.29, 0.717) is 18.4 Å².